The zero-order valence-corrected chi connectivity index (χ0v) is 15.8. The number of hydrogen-bond acceptors (Lipinski definition) is 3. The normalized spacial score (nSPS) is 37.0. The van der Waals surface area contributed by atoms with E-state index in [0.717, 1.165) is 13.0 Å². The minimum Gasteiger partial charge on any atom is -0.393 e. The van der Waals surface area contributed by atoms with E-state index in [-0.39, 0.29) is 11.5 Å². The molecular weight excluding hydrogens is 332 g/mol. The lowest BCUT2D eigenvalue weighted by Gasteiger charge is -2.54. The number of nitrogens with zero attached hydrogens (tertiary/aromatic N) is 2. The SMILES string of the molecule is O[C@@H]1C[C@H]2N(Cc3ccccc3)c3ccccc3[C@]23CCN2CCC[C@H]1[C@@H]23. The van der Waals surface area contributed by atoms with Crippen molar-refractivity contribution in [1.82, 2.24) is 4.90 Å². The molecule has 6 rings (SSSR count). The Morgan fingerprint density at radius 3 is 2.70 bits per heavy atom. The van der Waals surface area contributed by atoms with E-state index in [9.17, 15) is 5.11 Å². The number of aliphatic hydroxyl groups is 1. The summed E-state index contributed by atoms with van der Waals surface area (Å²) in [6.45, 7) is 3.34. The Morgan fingerprint density at radius 2 is 1.81 bits per heavy atom. The van der Waals surface area contributed by atoms with Gasteiger partial charge in [-0.2, -0.15) is 0 Å². The van der Waals surface area contributed by atoms with Crippen molar-refractivity contribution in [3.8, 4) is 0 Å². The molecule has 5 atom stereocenters. The minimum absolute atomic E-state index is 0.165. The molecule has 27 heavy (non-hydrogen) atoms. The van der Waals surface area contributed by atoms with Crippen molar-refractivity contribution in [3.63, 3.8) is 0 Å². The molecule has 2 saturated heterocycles. The Balaban J connectivity index is 1.50. The summed E-state index contributed by atoms with van der Waals surface area (Å²) in [5.41, 5.74) is 4.53. The molecule has 3 nitrogen and oxygen atoms in total. The molecule has 1 N–H and O–H groups in total. The number of rotatable bonds is 2. The number of hydrogen-bond donors (Lipinski definition) is 1. The summed E-state index contributed by atoms with van der Waals surface area (Å²) in [5, 5.41) is 11.1. The van der Waals surface area contributed by atoms with E-state index in [2.05, 4.69) is 64.4 Å². The lowest BCUT2D eigenvalue weighted by atomic mass is 9.58. The van der Waals surface area contributed by atoms with Gasteiger partial charge < -0.3 is 10.0 Å². The summed E-state index contributed by atoms with van der Waals surface area (Å²) in [4.78, 5) is 5.34. The van der Waals surface area contributed by atoms with Crippen LogP contribution in [-0.4, -0.2) is 41.3 Å². The summed E-state index contributed by atoms with van der Waals surface area (Å²) in [6, 6.07) is 20.9. The number of piperidine rings is 1. The number of benzene rings is 2. The molecule has 3 aliphatic heterocycles. The van der Waals surface area contributed by atoms with Gasteiger partial charge >= 0.3 is 0 Å². The van der Waals surface area contributed by atoms with Gasteiger partial charge in [-0.15, -0.1) is 0 Å². The van der Waals surface area contributed by atoms with Gasteiger partial charge in [0, 0.05) is 35.6 Å². The fourth-order valence-electron chi connectivity index (χ4n) is 7.05. The van der Waals surface area contributed by atoms with Gasteiger partial charge in [-0.3, -0.25) is 4.90 Å². The molecule has 1 aliphatic carbocycles. The second-order valence-electron chi connectivity index (χ2n) is 9.03. The Bertz CT molecular complexity index is 852. The highest BCUT2D eigenvalue weighted by Crippen LogP contribution is 2.61. The number of para-hydroxylation sites is 1. The fourth-order valence-corrected chi connectivity index (χ4v) is 7.05. The molecule has 0 bridgehead atoms. The van der Waals surface area contributed by atoms with Crippen molar-refractivity contribution < 1.29 is 5.11 Å². The van der Waals surface area contributed by atoms with Crippen molar-refractivity contribution in [3.05, 3.63) is 65.7 Å². The standard InChI is InChI=1S/C24H28N2O/c27-21-15-22-24(12-14-25-13-6-9-18(21)23(24)25)19-10-4-5-11-20(19)26(22)16-17-7-2-1-3-8-17/h1-5,7-8,10-11,18,21-23,27H,6,9,12-16H2/t18-,21-,22-,23-,24-/m1/s1. The van der Waals surface area contributed by atoms with Crippen LogP contribution in [0.3, 0.4) is 0 Å². The minimum atomic E-state index is -0.165. The van der Waals surface area contributed by atoms with Crippen LogP contribution in [-0.2, 0) is 12.0 Å². The third kappa shape index (κ3) is 2.10. The maximum atomic E-state index is 11.1. The summed E-state index contributed by atoms with van der Waals surface area (Å²) in [5.74, 6) is 0.447. The molecule has 0 unspecified atom stereocenters. The molecule has 140 valence electrons. The fraction of sp³-hybridized carbons (Fsp3) is 0.500. The van der Waals surface area contributed by atoms with Crippen LogP contribution in [0.4, 0.5) is 5.69 Å². The van der Waals surface area contributed by atoms with E-state index in [4.69, 9.17) is 0 Å². The third-order valence-corrected chi connectivity index (χ3v) is 7.96. The molecule has 0 radical (unpaired) electrons. The van der Waals surface area contributed by atoms with Gasteiger partial charge in [0.15, 0.2) is 0 Å². The summed E-state index contributed by atoms with van der Waals surface area (Å²) < 4.78 is 0. The molecule has 0 amide bonds. The summed E-state index contributed by atoms with van der Waals surface area (Å²) in [6.07, 6.45) is 4.43. The van der Waals surface area contributed by atoms with E-state index >= 15 is 0 Å². The van der Waals surface area contributed by atoms with E-state index in [1.807, 2.05) is 0 Å². The van der Waals surface area contributed by atoms with Gasteiger partial charge in [-0.1, -0.05) is 48.5 Å². The van der Waals surface area contributed by atoms with Crippen LogP contribution >= 0.6 is 0 Å². The molecule has 3 heterocycles. The Kier molecular flexibility index (Phi) is 3.48. The molecule has 1 spiro atoms. The Labute approximate surface area is 161 Å². The topological polar surface area (TPSA) is 26.7 Å². The van der Waals surface area contributed by atoms with E-state index in [1.165, 1.54) is 43.6 Å². The monoisotopic (exact) mass is 360 g/mol. The van der Waals surface area contributed by atoms with Crippen LogP contribution in [0, 0.1) is 5.92 Å². The van der Waals surface area contributed by atoms with Crippen molar-refractivity contribution >= 4 is 5.69 Å². The van der Waals surface area contributed by atoms with E-state index in [0.29, 0.717) is 18.0 Å². The van der Waals surface area contributed by atoms with Crippen LogP contribution in [0.15, 0.2) is 54.6 Å². The molecule has 4 aliphatic rings. The van der Waals surface area contributed by atoms with Gasteiger partial charge in [0.1, 0.15) is 0 Å². The van der Waals surface area contributed by atoms with Crippen molar-refractivity contribution in [2.75, 3.05) is 18.0 Å². The highest BCUT2D eigenvalue weighted by molar-refractivity contribution is 5.66. The smallest absolute Gasteiger partial charge is 0.0603 e. The number of fused-ring (bicyclic) bond motifs is 1. The molecule has 0 aromatic heterocycles. The Hall–Kier alpha value is -1.84. The van der Waals surface area contributed by atoms with Crippen LogP contribution in [0.2, 0.25) is 0 Å². The van der Waals surface area contributed by atoms with Crippen molar-refractivity contribution in [1.29, 1.82) is 0 Å². The van der Waals surface area contributed by atoms with E-state index < -0.39 is 0 Å². The first kappa shape index (κ1) is 16.1. The maximum absolute atomic E-state index is 11.1. The molecule has 1 saturated carbocycles. The highest BCUT2D eigenvalue weighted by atomic mass is 16.3. The molecule has 3 heteroatoms. The van der Waals surface area contributed by atoms with Crippen LogP contribution < -0.4 is 4.90 Å². The van der Waals surface area contributed by atoms with Crippen molar-refractivity contribution in [2.45, 2.75) is 55.8 Å². The van der Waals surface area contributed by atoms with Gasteiger partial charge in [0.05, 0.1) is 6.10 Å². The van der Waals surface area contributed by atoms with Gasteiger partial charge in [0.25, 0.3) is 0 Å². The number of anilines is 1. The van der Waals surface area contributed by atoms with E-state index in [1.54, 1.807) is 5.56 Å². The summed E-state index contributed by atoms with van der Waals surface area (Å²) >= 11 is 0. The molecule has 2 aromatic carbocycles. The quantitative estimate of drug-likeness (QED) is 0.887. The average molecular weight is 361 g/mol. The Morgan fingerprint density at radius 1 is 1.00 bits per heavy atom. The van der Waals surface area contributed by atoms with Gasteiger partial charge in [-0.25, -0.2) is 0 Å². The lowest BCUT2D eigenvalue weighted by molar-refractivity contribution is -0.0424. The maximum Gasteiger partial charge on any atom is 0.0603 e. The van der Waals surface area contributed by atoms with Crippen LogP contribution in [0.1, 0.15) is 36.8 Å². The van der Waals surface area contributed by atoms with Gasteiger partial charge in [0.2, 0.25) is 0 Å². The summed E-state index contributed by atoms with van der Waals surface area (Å²) in [7, 11) is 0. The predicted molar refractivity (Wildman–Crippen MR) is 108 cm³/mol. The highest BCUT2D eigenvalue weighted by Gasteiger charge is 2.65. The average Bonchev–Trinajstić information content (AvgIpc) is 3.23. The molecular formula is C24H28N2O. The largest absolute Gasteiger partial charge is 0.393 e. The first-order valence-corrected chi connectivity index (χ1v) is 10.6. The zero-order valence-electron chi connectivity index (χ0n) is 15.8. The zero-order chi connectivity index (χ0) is 18.0. The van der Waals surface area contributed by atoms with Crippen molar-refractivity contribution in [2.24, 2.45) is 5.92 Å². The predicted octanol–water partition coefficient (Wildman–Crippen LogP) is 3.56. The molecule has 2 aromatic rings. The van der Waals surface area contributed by atoms with Crippen LogP contribution in [0.5, 0.6) is 0 Å². The number of aliphatic hydroxyl groups excluding tert-OH is 1. The first-order chi connectivity index (χ1) is 13.3. The second kappa shape index (κ2) is 5.83. The second-order valence-corrected chi connectivity index (χ2v) is 9.03. The lowest BCUT2D eigenvalue weighted by Crippen LogP contribution is -2.63. The first-order valence-electron chi connectivity index (χ1n) is 10.6. The van der Waals surface area contributed by atoms with Gasteiger partial charge in [-0.05, 0) is 56.0 Å². The third-order valence-electron chi connectivity index (χ3n) is 7.96. The molecule has 3 fully saturated rings. The van der Waals surface area contributed by atoms with Crippen LogP contribution in [0.25, 0.3) is 0 Å².